The molecule has 0 saturated carbocycles. The summed E-state index contributed by atoms with van der Waals surface area (Å²) in [5.41, 5.74) is 7.58. The maximum atomic E-state index is 11.9. The van der Waals surface area contributed by atoms with E-state index in [9.17, 15) is 4.79 Å². The van der Waals surface area contributed by atoms with E-state index in [4.69, 9.17) is 5.73 Å². The number of nitrogens with zero attached hydrogens (tertiary/aromatic N) is 4. The number of amides is 1. The summed E-state index contributed by atoms with van der Waals surface area (Å²) >= 11 is 1.13. The Morgan fingerprint density at radius 1 is 1.11 bits per heavy atom. The van der Waals surface area contributed by atoms with E-state index in [-0.39, 0.29) is 11.9 Å². The quantitative estimate of drug-likeness (QED) is 0.840. The number of nitrogen functional groups attached to an aromatic ring is 1. The fraction of sp³-hybridized carbons (Fsp3) is 0.300. The second kappa shape index (κ2) is 4.65. The number of hydrogen-bond donors (Lipinski definition) is 2. The van der Waals surface area contributed by atoms with Gasteiger partial charge in [-0.3, -0.25) is 10.1 Å². The van der Waals surface area contributed by atoms with Crippen LogP contribution in [-0.2, 0) is 0 Å². The number of nitrogens with one attached hydrogen (secondary N) is 1. The van der Waals surface area contributed by atoms with Crippen LogP contribution in [0.15, 0.2) is 0 Å². The minimum absolute atomic E-state index is 0.175. The van der Waals surface area contributed by atoms with Crippen LogP contribution in [0.25, 0.3) is 0 Å². The highest BCUT2D eigenvalue weighted by atomic mass is 32.1. The monoisotopic (exact) mass is 264 g/mol. The SMILES string of the molecule is Cc1nnc(NC(=O)c2sc(N)nc2C)nc1C. The normalized spacial score (nSPS) is 10.4. The van der Waals surface area contributed by atoms with Crippen molar-refractivity contribution in [3.8, 4) is 0 Å². The van der Waals surface area contributed by atoms with Gasteiger partial charge in [0.25, 0.3) is 5.91 Å². The average molecular weight is 264 g/mol. The predicted molar refractivity (Wildman–Crippen MR) is 68.5 cm³/mol. The Labute approximate surface area is 107 Å². The van der Waals surface area contributed by atoms with Gasteiger partial charge in [-0.05, 0) is 20.8 Å². The molecule has 0 aliphatic carbocycles. The third-order valence-electron chi connectivity index (χ3n) is 2.34. The number of aryl methyl sites for hydroxylation is 3. The van der Waals surface area contributed by atoms with Crippen molar-refractivity contribution in [3.05, 3.63) is 22.0 Å². The number of carbonyl (C=O) groups is 1. The van der Waals surface area contributed by atoms with Crippen LogP contribution < -0.4 is 11.1 Å². The molecule has 0 spiro atoms. The average Bonchev–Trinajstić information content (AvgIpc) is 2.63. The van der Waals surface area contributed by atoms with Crippen LogP contribution in [0.4, 0.5) is 11.1 Å². The summed E-state index contributed by atoms with van der Waals surface area (Å²) in [5.74, 6) is -0.152. The van der Waals surface area contributed by atoms with E-state index in [2.05, 4.69) is 25.5 Å². The Kier molecular flexibility index (Phi) is 3.19. The smallest absolute Gasteiger partial charge is 0.270 e. The van der Waals surface area contributed by atoms with Gasteiger partial charge in [0.1, 0.15) is 4.88 Å². The molecular formula is C10H12N6OS. The van der Waals surface area contributed by atoms with Crippen LogP contribution in [0, 0.1) is 20.8 Å². The number of thiazole rings is 1. The van der Waals surface area contributed by atoms with Gasteiger partial charge in [-0.15, -0.1) is 5.10 Å². The highest BCUT2D eigenvalue weighted by molar-refractivity contribution is 7.17. The van der Waals surface area contributed by atoms with E-state index in [1.807, 2.05) is 0 Å². The lowest BCUT2D eigenvalue weighted by Crippen LogP contribution is -2.15. The lowest BCUT2D eigenvalue weighted by Gasteiger charge is -2.03. The third-order valence-corrected chi connectivity index (χ3v) is 3.32. The van der Waals surface area contributed by atoms with Crippen molar-refractivity contribution in [1.82, 2.24) is 20.2 Å². The molecule has 0 unspecified atom stereocenters. The number of rotatable bonds is 2. The molecule has 0 aromatic carbocycles. The van der Waals surface area contributed by atoms with E-state index < -0.39 is 0 Å². The van der Waals surface area contributed by atoms with Crippen molar-refractivity contribution in [2.75, 3.05) is 11.1 Å². The highest BCUT2D eigenvalue weighted by Crippen LogP contribution is 2.20. The maximum absolute atomic E-state index is 11.9. The molecule has 3 N–H and O–H groups in total. The second-order valence-electron chi connectivity index (χ2n) is 3.73. The molecule has 18 heavy (non-hydrogen) atoms. The van der Waals surface area contributed by atoms with E-state index >= 15 is 0 Å². The molecule has 2 heterocycles. The number of hydrogen-bond acceptors (Lipinski definition) is 7. The maximum Gasteiger partial charge on any atom is 0.270 e. The van der Waals surface area contributed by atoms with Crippen molar-refractivity contribution >= 4 is 28.3 Å². The minimum Gasteiger partial charge on any atom is -0.375 e. The first-order valence-electron chi connectivity index (χ1n) is 5.19. The third kappa shape index (κ3) is 2.43. The number of anilines is 2. The van der Waals surface area contributed by atoms with E-state index in [0.29, 0.717) is 15.7 Å². The van der Waals surface area contributed by atoms with Gasteiger partial charge in [0.15, 0.2) is 5.13 Å². The predicted octanol–water partition coefficient (Wildman–Crippen LogP) is 1.09. The molecule has 94 valence electrons. The van der Waals surface area contributed by atoms with Gasteiger partial charge >= 0.3 is 0 Å². The van der Waals surface area contributed by atoms with Crippen LogP contribution in [0.3, 0.4) is 0 Å². The van der Waals surface area contributed by atoms with Gasteiger partial charge in [-0.2, -0.15) is 5.10 Å². The number of nitrogens with two attached hydrogens (primary N) is 1. The zero-order valence-electron chi connectivity index (χ0n) is 10.2. The second-order valence-corrected chi connectivity index (χ2v) is 4.76. The fourth-order valence-corrected chi connectivity index (χ4v) is 2.02. The molecule has 0 aliphatic rings. The molecule has 8 heteroatoms. The summed E-state index contributed by atoms with van der Waals surface area (Å²) in [6, 6.07) is 0. The molecular weight excluding hydrogens is 252 g/mol. The Morgan fingerprint density at radius 2 is 1.83 bits per heavy atom. The van der Waals surface area contributed by atoms with Crippen LogP contribution in [-0.4, -0.2) is 26.1 Å². The van der Waals surface area contributed by atoms with Crippen molar-refractivity contribution in [2.24, 2.45) is 0 Å². The molecule has 2 aromatic heterocycles. The zero-order valence-corrected chi connectivity index (χ0v) is 11.0. The van der Waals surface area contributed by atoms with Crippen LogP contribution in [0.2, 0.25) is 0 Å². The van der Waals surface area contributed by atoms with Crippen molar-refractivity contribution < 1.29 is 4.79 Å². The lowest BCUT2D eigenvalue weighted by atomic mass is 10.3. The molecule has 0 aliphatic heterocycles. The Bertz CT molecular complexity index is 608. The van der Waals surface area contributed by atoms with Gasteiger partial charge in [-0.25, -0.2) is 9.97 Å². The van der Waals surface area contributed by atoms with Crippen molar-refractivity contribution in [1.29, 1.82) is 0 Å². The molecule has 0 radical (unpaired) electrons. The first-order chi connectivity index (χ1) is 8.47. The summed E-state index contributed by atoms with van der Waals surface area (Å²) in [6.45, 7) is 5.33. The summed E-state index contributed by atoms with van der Waals surface area (Å²) in [7, 11) is 0. The van der Waals surface area contributed by atoms with Gasteiger partial charge in [0.05, 0.1) is 17.1 Å². The zero-order chi connectivity index (χ0) is 13.3. The number of carbonyl (C=O) groups excluding carboxylic acids is 1. The van der Waals surface area contributed by atoms with Crippen LogP contribution in [0.1, 0.15) is 26.8 Å². The number of aromatic nitrogens is 4. The summed E-state index contributed by atoms with van der Waals surface area (Å²) < 4.78 is 0. The molecule has 0 saturated heterocycles. The molecule has 2 rings (SSSR count). The summed E-state index contributed by atoms with van der Waals surface area (Å²) in [6.07, 6.45) is 0. The molecule has 0 atom stereocenters. The minimum atomic E-state index is -0.327. The largest absolute Gasteiger partial charge is 0.375 e. The van der Waals surface area contributed by atoms with E-state index in [0.717, 1.165) is 22.7 Å². The fourth-order valence-electron chi connectivity index (χ4n) is 1.30. The molecule has 2 aromatic rings. The van der Waals surface area contributed by atoms with Crippen LogP contribution in [0.5, 0.6) is 0 Å². The Morgan fingerprint density at radius 3 is 2.39 bits per heavy atom. The van der Waals surface area contributed by atoms with Crippen molar-refractivity contribution in [2.45, 2.75) is 20.8 Å². The molecule has 0 bridgehead atoms. The Balaban J connectivity index is 2.21. The molecule has 7 nitrogen and oxygen atoms in total. The van der Waals surface area contributed by atoms with Gasteiger partial charge in [-0.1, -0.05) is 11.3 Å². The topological polar surface area (TPSA) is 107 Å². The first-order valence-corrected chi connectivity index (χ1v) is 6.01. The Hall–Kier alpha value is -2.09. The standard InChI is InChI=1S/C10H12N6OS/c1-4-5(2)15-16-10(13-4)14-8(17)7-6(3)12-9(11)18-7/h1-3H3,(H2,11,12)(H,13,14,16,17). The highest BCUT2D eigenvalue weighted by Gasteiger charge is 2.15. The van der Waals surface area contributed by atoms with Crippen LogP contribution >= 0.6 is 11.3 Å². The summed E-state index contributed by atoms with van der Waals surface area (Å²) in [5, 5.41) is 10.6. The molecule has 1 amide bonds. The van der Waals surface area contributed by atoms with Gasteiger partial charge < -0.3 is 5.73 Å². The molecule has 0 fully saturated rings. The lowest BCUT2D eigenvalue weighted by molar-refractivity contribution is 0.102. The summed E-state index contributed by atoms with van der Waals surface area (Å²) in [4.78, 5) is 20.5. The van der Waals surface area contributed by atoms with E-state index in [1.54, 1.807) is 20.8 Å². The first kappa shape index (κ1) is 12.4. The van der Waals surface area contributed by atoms with Gasteiger partial charge in [0, 0.05) is 0 Å². The van der Waals surface area contributed by atoms with E-state index in [1.165, 1.54) is 0 Å². The van der Waals surface area contributed by atoms with Gasteiger partial charge in [0.2, 0.25) is 5.95 Å². The van der Waals surface area contributed by atoms with Crippen molar-refractivity contribution in [3.63, 3.8) is 0 Å².